The minimum atomic E-state index is -0.960. The van der Waals surface area contributed by atoms with Crippen LogP contribution >= 0.6 is 0 Å². The van der Waals surface area contributed by atoms with E-state index in [2.05, 4.69) is 10.5 Å². The Morgan fingerprint density at radius 1 is 1.19 bits per heavy atom. The molecule has 8 heteroatoms. The molecule has 2 rings (SSSR count). The van der Waals surface area contributed by atoms with Crippen molar-refractivity contribution in [1.82, 2.24) is 5.16 Å². The van der Waals surface area contributed by atoms with Crippen molar-refractivity contribution in [2.24, 2.45) is 0 Å². The van der Waals surface area contributed by atoms with E-state index in [9.17, 15) is 9.59 Å². The Labute approximate surface area is 151 Å². The SMILES string of the molecule is CCOc1ccc(OCCC(=O)OC(C)C(=O)Nc2cc(C)no2)cc1. The van der Waals surface area contributed by atoms with Gasteiger partial charge in [0.15, 0.2) is 6.10 Å². The smallest absolute Gasteiger partial charge is 0.310 e. The lowest BCUT2D eigenvalue weighted by atomic mass is 10.3. The molecule has 140 valence electrons. The number of carbonyl (C=O) groups excluding carboxylic acids is 2. The summed E-state index contributed by atoms with van der Waals surface area (Å²) >= 11 is 0. The first kappa shape index (κ1) is 19.3. The van der Waals surface area contributed by atoms with Crippen LogP contribution < -0.4 is 14.8 Å². The van der Waals surface area contributed by atoms with Gasteiger partial charge in [0.05, 0.1) is 25.3 Å². The molecule has 0 bridgehead atoms. The molecule has 0 radical (unpaired) electrons. The molecule has 0 aliphatic carbocycles. The Hall–Kier alpha value is -3.03. The molecule has 0 spiro atoms. The first-order valence-corrected chi connectivity index (χ1v) is 8.27. The largest absolute Gasteiger partial charge is 0.494 e. The molecule has 8 nitrogen and oxygen atoms in total. The Balaban J connectivity index is 1.69. The molecule has 2 aromatic rings. The zero-order valence-electron chi connectivity index (χ0n) is 15.0. The molecular formula is C18H22N2O6. The van der Waals surface area contributed by atoms with Crippen LogP contribution in [0.15, 0.2) is 34.9 Å². The molecule has 1 amide bonds. The number of nitrogens with zero attached hydrogens (tertiary/aromatic N) is 1. The quantitative estimate of drug-likeness (QED) is 0.685. The molecule has 26 heavy (non-hydrogen) atoms. The number of anilines is 1. The van der Waals surface area contributed by atoms with E-state index >= 15 is 0 Å². The van der Waals surface area contributed by atoms with Crippen molar-refractivity contribution in [2.45, 2.75) is 33.3 Å². The summed E-state index contributed by atoms with van der Waals surface area (Å²) in [7, 11) is 0. The Morgan fingerprint density at radius 2 is 1.85 bits per heavy atom. The van der Waals surface area contributed by atoms with Gasteiger partial charge in [0, 0.05) is 6.07 Å². The molecule has 0 aliphatic rings. The molecule has 0 saturated carbocycles. The molecular weight excluding hydrogens is 340 g/mol. The summed E-state index contributed by atoms with van der Waals surface area (Å²) in [5.41, 5.74) is 0.636. The monoisotopic (exact) mass is 362 g/mol. The minimum Gasteiger partial charge on any atom is -0.494 e. The maximum absolute atomic E-state index is 11.9. The van der Waals surface area contributed by atoms with Crippen LogP contribution in [0.2, 0.25) is 0 Å². The molecule has 1 aromatic carbocycles. The Kier molecular flexibility index (Phi) is 7.02. The predicted octanol–water partition coefficient (Wildman–Crippen LogP) is 2.72. The van der Waals surface area contributed by atoms with Gasteiger partial charge in [-0.2, -0.15) is 0 Å². The molecule has 1 N–H and O–H groups in total. The van der Waals surface area contributed by atoms with E-state index in [-0.39, 0.29) is 18.9 Å². The van der Waals surface area contributed by atoms with Crippen molar-refractivity contribution in [3.63, 3.8) is 0 Å². The van der Waals surface area contributed by atoms with Crippen LogP contribution in [0, 0.1) is 6.92 Å². The van der Waals surface area contributed by atoms with E-state index in [0.717, 1.165) is 5.75 Å². The topological polar surface area (TPSA) is 99.9 Å². The lowest BCUT2D eigenvalue weighted by molar-refractivity contribution is -0.153. The first-order chi connectivity index (χ1) is 12.5. The van der Waals surface area contributed by atoms with Crippen LogP contribution in [0.25, 0.3) is 0 Å². The summed E-state index contributed by atoms with van der Waals surface area (Å²) in [6.07, 6.45) is -0.940. The summed E-state index contributed by atoms with van der Waals surface area (Å²) in [6, 6.07) is 8.65. The summed E-state index contributed by atoms with van der Waals surface area (Å²) < 4.78 is 20.7. The number of nitrogens with one attached hydrogen (secondary N) is 1. The van der Waals surface area contributed by atoms with Crippen LogP contribution in [-0.2, 0) is 14.3 Å². The van der Waals surface area contributed by atoms with Gasteiger partial charge >= 0.3 is 5.97 Å². The van der Waals surface area contributed by atoms with E-state index < -0.39 is 18.0 Å². The van der Waals surface area contributed by atoms with Gasteiger partial charge in [0.1, 0.15) is 11.5 Å². The van der Waals surface area contributed by atoms with Gasteiger partial charge in [-0.15, -0.1) is 0 Å². The second kappa shape index (κ2) is 9.45. The fourth-order valence-electron chi connectivity index (χ4n) is 2.01. The van der Waals surface area contributed by atoms with Crippen LogP contribution in [0.5, 0.6) is 11.5 Å². The van der Waals surface area contributed by atoms with Crippen molar-refractivity contribution in [3.8, 4) is 11.5 Å². The van der Waals surface area contributed by atoms with Gasteiger partial charge in [0.25, 0.3) is 5.91 Å². The summed E-state index contributed by atoms with van der Waals surface area (Å²) in [5, 5.41) is 6.13. The summed E-state index contributed by atoms with van der Waals surface area (Å²) in [4.78, 5) is 23.7. The van der Waals surface area contributed by atoms with E-state index in [1.54, 1.807) is 37.3 Å². The lowest BCUT2D eigenvalue weighted by Gasteiger charge is -2.12. The van der Waals surface area contributed by atoms with Gasteiger partial charge in [-0.05, 0) is 45.0 Å². The molecule has 1 unspecified atom stereocenters. The average molecular weight is 362 g/mol. The highest BCUT2D eigenvalue weighted by molar-refractivity contribution is 5.93. The number of aromatic nitrogens is 1. The number of rotatable bonds is 9. The molecule has 0 saturated heterocycles. The van der Waals surface area contributed by atoms with Crippen molar-refractivity contribution in [3.05, 3.63) is 36.0 Å². The van der Waals surface area contributed by atoms with E-state index in [1.165, 1.54) is 6.92 Å². The molecule has 0 fully saturated rings. The summed E-state index contributed by atoms with van der Waals surface area (Å²) in [6.45, 7) is 5.84. The standard InChI is InChI=1S/C18H22N2O6/c1-4-23-14-5-7-15(8-6-14)24-10-9-17(21)25-13(3)18(22)19-16-11-12(2)20-26-16/h5-8,11,13H,4,9-10H2,1-3H3,(H,19,22). The van der Waals surface area contributed by atoms with Gasteiger partial charge in [-0.1, -0.05) is 5.16 Å². The highest BCUT2D eigenvalue weighted by Gasteiger charge is 2.19. The second-order valence-electron chi connectivity index (χ2n) is 5.46. The third-order valence-corrected chi connectivity index (χ3v) is 3.26. The Bertz CT molecular complexity index is 726. The minimum absolute atomic E-state index is 0.0201. The van der Waals surface area contributed by atoms with E-state index in [1.807, 2.05) is 6.92 Å². The number of amides is 1. The van der Waals surface area contributed by atoms with Crippen LogP contribution in [0.3, 0.4) is 0 Å². The number of benzene rings is 1. The normalized spacial score (nSPS) is 11.5. The fraction of sp³-hybridized carbons (Fsp3) is 0.389. The van der Waals surface area contributed by atoms with Crippen LogP contribution in [-0.4, -0.2) is 36.4 Å². The van der Waals surface area contributed by atoms with Gasteiger partial charge in [-0.25, -0.2) is 0 Å². The van der Waals surface area contributed by atoms with Crippen molar-refractivity contribution < 1.29 is 28.3 Å². The number of hydrogen-bond donors (Lipinski definition) is 1. The summed E-state index contributed by atoms with van der Waals surface area (Å²) in [5.74, 6) is 0.539. The molecule has 1 heterocycles. The molecule has 1 atom stereocenters. The number of carbonyl (C=O) groups is 2. The maximum atomic E-state index is 11.9. The number of ether oxygens (including phenoxy) is 3. The maximum Gasteiger partial charge on any atom is 0.310 e. The molecule has 0 aliphatic heterocycles. The third kappa shape index (κ3) is 6.12. The fourth-order valence-corrected chi connectivity index (χ4v) is 2.01. The van der Waals surface area contributed by atoms with Gasteiger partial charge in [0.2, 0.25) is 5.88 Å². The average Bonchev–Trinajstić information content (AvgIpc) is 3.01. The van der Waals surface area contributed by atoms with Crippen molar-refractivity contribution in [2.75, 3.05) is 18.5 Å². The Morgan fingerprint density at radius 3 is 2.42 bits per heavy atom. The van der Waals surface area contributed by atoms with Crippen molar-refractivity contribution >= 4 is 17.8 Å². The van der Waals surface area contributed by atoms with Crippen LogP contribution in [0.4, 0.5) is 5.88 Å². The number of hydrogen-bond acceptors (Lipinski definition) is 7. The zero-order valence-corrected chi connectivity index (χ0v) is 15.0. The highest BCUT2D eigenvalue weighted by Crippen LogP contribution is 2.17. The third-order valence-electron chi connectivity index (χ3n) is 3.26. The predicted molar refractivity (Wildman–Crippen MR) is 93.1 cm³/mol. The number of esters is 1. The van der Waals surface area contributed by atoms with Gasteiger partial charge < -0.3 is 18.7 Å². The van der Waals surface area contributed by atoms with Gasteiger partial charge in [-0.3, -0.25) is 14.9 Å². The van der Waals surface area contributed by atoms with Crippen molar-refractivity contribution in [1.29, 1.82) is 0 Å². The lowest BCUT2D eigenvalue weighted by Crippen LogP contribution is -2.30. The van der Waals surface area contributed by atoms with Crippen LogP contribution in [0.1, 0.15) is 26.0 Å². The highest BCUT2D eigenvalue weighted by atomic mass is 16.6. The van der Waals surface area contributed by atoms with E-state index in [0.29, 0.717) is 18.1 Å². The second-order valence-corrected chi connectivity index (χ2v) is 5.46. The zero-order chi connectivity index (χ0) is 18.9. The molecule has 1 aromatic heterocycles. The first-order valence-electron chi connectivity index (χ1n) is 8.27. The number of aryl methyl sites for hydroxylation is 1. The van der Waals surface area contributed by atoms with E-state index in [4.69, 9.17) is 18.7 Å².